The van der Waals surface area contributed by atoms with Gasteiger partial charge in [0.15, 0.2) is 5.82 Å². The fourth-order valence-electron chi connectivity index (χ4n) is 5.28. The van der Waals surface area contributed by atoms with Crippen LogP contribution in [0.4, 0.5) is 5.82 Å². The van der Waals surface area contributed by atoms with E-state index in [0.717, 1.165) is 47.2 Å². The fourth-order valence-corrected chi connectivity index (χ4v) is 6.05. The van der Waals surface area contributed by atoms with E-state index in [2.05, 4.69) is 16.2 Å². The predicted octanol–water partition coefficient (Wildman–Crippen LogP) is 3.81. The molecule has 0 aromatic carbocycles. The van der Waals surface area contributed by atoms with Gasteiger partial charge in [0, 0.05) is 31.3 Å². The molecule has 3 aliphatic rings. The third kappa shape index (κ3) is 2.76. The molecule has 3 fully saturated rings. The van der Waals surface area contributed by atoms with E-state index in [4.69, 9.17) is 9.72 Å². The molecule has 3 aromatic rings. The molecule has 3 aromatic heterocycles. The number of hydrogen-bond acceptors (Lipinski definition) is 7. The van der Waals surface area contributed by atoms with E-state index in [1.54, 1.807) is 17.5 Å². The van der Waals surface area contributed by atoms with Gasteiger partial charge in [-0.1, -0.05) is 6.92 Å². The minimum atomic E-state index is -0.929. The molecule has 8 nitrogen and oxygen atoms in total. The molecule has 2 aliphatic carbocycles. The normalized spacial score (nSPS) is 30.0. The summed E-state index contributed by atoms with van der Waals surface area (Å²) in [6.45, 7) is 2.52. The second-order valence-electron chi connectivity index (χ2n) is 9.30. The van der Waals surface area contributed by atoms with Crippen molar-refractivity contribution in [2.75, 3.05) is 18.6 Å². The molecule has 9 heteroatoms. The number of pyridine rings is 1. The Kier molecular flexibility index (Phi) is 4.39. The summed E-state index contributed by atoms with van der Waals surface area (Å²) < 4.78 is 8.25. The van der Waals surface area contributed by atoms with E-state index in [1.807, 2.05) is 30.1 Å². The molecule has 2 unspecified atom stereocenters. The van der Waals surface area contributed by atoms with Crippen molar-refractivity contribution >= 4 is 33.3 Å². The van der Waals surface area contributed by atoms with Gasteiger partial charge < -0.3 is 4.74 Å². The average molecular weight is 449 g/mol. The van der Waals surface area contributed by atoms with E-state index in [0.29, 0.717) is 24.5 Å². The Balaban J connectivity index is 1.38. The highest BCUT2D eigenvalue weighted by Gasteiger charge is 2.61. The number of carbonyl (C=O) groups is 1. The number of nitrogens with zero attached hydrogens (tertiary/aromatic N) is 6. The van der Waals surface area contributed by atoms with Crippen molar-refractivity contribution in [1.82, 2.24) is 19.7 Å². The summed E-state index contributed by atoms with van der Waals surface area (Å²) in [5.41, 5.74) is 3.31. The summed E-state index contributed by atoms with van der Waals surface area (Å²) in [5.74, 6) is 0.642. The quantitative estimate of drug-likeness (QED) is 0.589. The topological polar surface area (TPSA) is 96.9 Å². The van der Waals surface area contributed by atoms with Crippen LogP contribution in [0.3, 0.4) is 0 Å². The van der Waals surface area contributed by atoms with Crippen molar-refractivity contribution in [3.8, 4) is 17.3 Å². The Morgan fingerprint density at radius 3 is 2.88 bits per heavy atom. The molecule has 4 heterocycles. The number of anilines is 1. The minimum Gasteiger partial charge on any atom is -0.381 e. The molecule has 1 saturated heterocycles. The third-order valence-electron chi connectivity index (χ3n) is 7.47. The maximum Gasteiger partial charge on any atom is 0.249 e. The lowest BCUT2D eigenvalue weighted by molar-refractivity contribution is -0.124. The highest BCUT2D eigenvalue weighted by atomic mass is 32.1. The van der Waals surface area contributed by atoms with Gasteiger partial charge in [0.1, 0.15) is 5.41 Å². The molecule has 6 rings (SSSR count). The van der Waals surface area contributed by atoms with Crippen molar-refractivity contribution < 1.29 is 9.53 Å². The van der Waals surface area contributed by atoms with Crippen LogP contribution in [0.25, 0.3) is 21.5 Å². The van der Waals surface area contributed by atoms with Crippen LogP contribution >= 0.6 is 11.3 Å². The number of carbonyl (C=O) groups excluding carboxylic acids is 1. The molecule has 0 spiro atoms. The predicted molar refractivity (Wildman–Crippen MR) is 120 cm³/mol. The molecular weight excluding hydrogens is 424 g/mol. The first-order chi connectivity index (χ1) is 15.5. The molecule has 2 saturated carbocycles. The van der Waals surface area contributed by atoms with Gasteiger partial charge in [-0.2, -0.15) is 10.4 Å². The van der Waals surface area contributed by atoms with E-state index >= 15 is 0 Å². The molecule has 1 amide bonds. The molecule has 164 valence electrons. The lowest BCUT2D eigenvalue weighted by Crippen LogP contribution is -2.37. The molecule has 0 radical (unpaired) electrons. The van der Waals surface area contributed by atoms with Gasteiger partial charge in [-0.05, 0) is 37.7 Å². The summed E-state index contributed by atoms with van der Waals surface area (Å²) in [4.78, 5) is 24.7. The number of rotatable bonds is 5. The van der Waals surface area contributed by atoms with Crippen LogP contribution in [-0.4, -0.2) is 45.4 Å². The van der Waals surface area contributed by atoms with Crippen LogP contribution in [0.15, 0.2) is 24.0 Å². The lowest BCUT2D eigenvalue weighted by Gasteiger charge is -2.34. The Hall–Kier alpha value is -2.83. The molecule has 1 aliphatic heterocycles. The summed E-state index contributed by atoms with van der Waals surface area (Å²) >= 11 is 1.48. The van der Waals surface area contributed by atoms with Gasteiger partial charge in [-0.3, -0.25) is 14.4 Å². The average Bonchev–Trinajstić information content (AvgIpc) is 3.20. The molecule has 0 bridgehead atoms. The van der Waals surface area contributed by atoms with Crippen LogP contribution in [0.2, 0.25) is 0 Å². The first kappa shape index (κ1) is 19.8. The zero-order chi connectivity index (χ0) is 22.0. The van der Waals surface area contributed by atoms with Crippen LogP contribution < -0.4 is 4.90 Å². The maximum absolute atomic E-state index is 13.6. The van der Waals surface area contributed by atoms with Crippen molar-refractivity contribution in [3.05, 3.63) is 24.0 Å². The third-order valence-corrected chi connectivity index (χ3v) is 8.31. The number of hydrogen-bond donors (Lipinski definition) is 0. The zero-order valence-electron chi connectivity index (χ0n) is 18.1. The Bertz CT molecular complexity index is 1250. The van der Waals surface area contributed by atoms with E-state index < -0.39 is 5.41 Å². The number of nitriles is 1. The van der Waals surface area contributed by atoms with Crippen molar-refractivity contribution in [3.63, 3.8) is 0 Å². The lowest BCUT2D eigenvalue weighted by atomic mass is 9.75. The van der Waals surface area contributed by atoms with Crippen molar-refractivity contribution in [1.29, 1.82) is 5.26 Å². The smallest absolute Gasteiger partial charge is 0.249 e. The van der Waals surface area contributed by atoms with Gasteiger partial charge in [0.2, 0.25) is 5.91 Å². The Morgan fingerprint density at radius 1 is 1.34 bits per heavy atom. The SMILES string of the molecule is COC1CC(n2cc(-c3cc4ncsc4c(N4CC(C)C(C#N)(C5CC5)C4=O)n3)cn2)C1. The van der Waals surface area contributed by atoms with Crippen LogP contribution in [0, 0.1) is 28.6 Å². The second-order valence-corrected chi connectivity index (χ2v) is 10.2. The van der Waals surface area contributed by atoms with E-state index in [-0.39, 0.29) is 17.7 Å². The van der Waals surface area contributed by atoms with Crippen molar-refractivity contribution in [2.45, 2.75) is 44.8 Å². The van der Waals surface area contributed by atoms with Crippen LogP contribution in [0.5, 0.6) is 0 Å². The first-order valence-electron chi connectivity index (χ1n) is 11.1. The Labute approximate surface area is 189 Å². The number of amides is 1. The highest BCUT2D eigenvalue weighted by molar-refractivity contribution is 7.17. The van der Waals surface area contributed by atoms with E-state index in [9.17, 15) is 10.1 Å². The standard InChI is InChI=1S/C23H24N6O2S/c1-13-9-28(22(30)23(13,11-24)15-3-4-15)21-20-19(25-12-32-20)7-18(27-21)14-8-26-29(10-14)16-5-17(6-16)31-2/h7-8,10,12-13,15-17H,3-6,9H2,1-2H3. The van der Waals surface area contributed by atoms with Gasteiger partial charge >= 0.3 is 0 Å². The fraction of sp³-hybridized carbons (Fsp3) is 0.522. The summed E-state index contributed by atoms with van der Waals surface area (Å²) in [5, 5.41) is 14.6. The molecule has 0 N–H and O–H groups in total. The number of fused-ring (bicyclic) bond motifs is 1. The highest BCUT2D eigenvalue weighted by Crippen LogP contribution is 2.55. The molecular formula is C23H24N6O2S. The zero-order valence-corrected chi connectivity index (χ0v) is 18.9. The number of methoxy groups -OCH3 is 1. The summed E-state index contributed by atoms with van der Waals surface area (Å²) in [7, 11) is 1.74. The molecule has 32 heavy (non-hydrogen) atoms. The van der Waals surface area contributed by atoms with Crippen LogP contribution in [-0.2, 0) is 9.53 Å². The largest absolute Gasteiger partial charge is 0.381 e. The number of thiazole rings is 1. The Morgan fingerprint density at radius 2 is 2.16 bits per heavy atom. The van der Waals surface area contributed by atoms with E-state index in [1.165, 1.54) is 11.3 Å². The summed E-state index contributed by atoms with van der Waals surface area (Å²) in [6.07, 6.45) is 7.95. The van der Waals surface area contributed by atoms with Gasteiger partial charge in [-0.15, -0.1) is 11.3 Å². The van der Waals surface area contributed by atoms with Gasteiger partial charge in [0.25, 0.3) is 0 Å². The minimum absolute atomic E-state index is 0.0315. The van der Waals surface area contributed by atoms with Crippen molar-refractivity contribution in [2.24, 2.45) is 17.3 Å². The van der Waals surface area contributed by atoms with Gasteiger partial charge in [-0.25, -0.2) is 9.97 Å². The second kappa shape index (κ2) is 7.09. The first-order valence-corrected chi connectivity index (χ1v) is 12.0. The van der Waals surface area contributed by atoms with Crippen LogP contribution in [0.1, 0.15) is 38.6 Å². The molecule has 2 atom stereocenters. The monoisotopic (exact) mass is 448 g/mol. The summed E-state index contributed by atoms with van der Waals surface area (Å²) in [6, 6.07) is 4.71. The number of aromatic nitrogens is 4. The maximum atomic E-state index is 13.6. The number of ether oxygens (including phenoxy) is 1. The van der Waals surface area contributed by atoms with Gasteiger partial charge in [0.05, 0.1) is 45.8 Å².